The molecule has 5 rings (SSSR count). The molecule has 4 heteroatoms. The molecule has 2 fully saturated rings. The minimum absolute atomic E-state index is 0.236. The number of fused-ring (bicyclic) bond motifs is 5. The van der Waals surface area contributed by atoms with Crippen molar-refractivity contribution in [1.82, 2.24) is 15.4 Å². The number of aromatic amines is 1. The van der Waals surface area contributed by atoms with Crippen molar-refractivity contribution in [2.75, 3.05) is 0 Å². The van der Waals surface area contributed by atoms with E-state index >= 15 is 0 Å². The Balaban J connectivity index is 1.49. The van der Waals surface area contributed by atoms with Gasteiger partial charge in [-0.3, -0.25) is 4.79 Å². The number of allylic oxidation sites excluding steroid dienone is 4. The summed E-state index contributed by atoms with van der Waals surface area (Å²) in [5.41, 5.74) is 4.40. The summed E-state index contributed by atoms with van der Waals surface area (Å²) in [6.45, 7) is 4.91. The molecule has 2 saturated carbocycles. The fourth-order valence-corrected chi connectivity index (χ4v) is 6.86. The molecular weight excluding hydrogens is 310 g/mol. The number of nitrogens with one attached hydrogen (secondary N) is 1. The first kappa shape index (κ1) is 15.5. The average Bonchev–Trinajstić information content (AvgIpc) is 3.22. The van der Waals surface area contributed by atoms with Crippen LogP contribution in [0, 0.1) is 28.6 Å². The Labute approximate surface area is 149 Å². The van der Waals surface area contributed by atoms with E-state index in [1.165, 1.54) is 36.8 Å². The average molecular weight is 337 g/mol. The maximum Gasteiger partial charge on any atom is 0.155 e. The zero-order valence-corrected chi connectivity index (χ0v) is 15.2. The van der Waals surface area contributed by atoms with Crippen LogP contribution in [0.3, 0.4) is 0 Å². The van der Waals surface area contributed by atoms with Crippen LogP contribution in [0.15, 0.2) is 23.9 Å². The Morgan fingerprint density at radius 2 is 2.00 bits per heavy atom. The second kappa shape index (κ2) is 5.15. The summed E-state index contributed by atoms with van der Waals surface area (Å²) >= 11 is 0. The summed E-state index contributed by atoms with van der Waals surface area (Å²) in [6.07, 6.45) is 14.2. The molecule has 0 bridgehead atoms. The quantitative estimate of drug-likeness (QED) is 0.830. The molecule has 1 heterocycles. The van der Waals surface area contributed by atoms with Gasteiger partial charge in [0.15, 0.2) is 5.78 Å². The lowest BCUT2D eigenvalue weighted by atomic mass is 9.47. The lowest BCUT2D eigenvalue weighted by molar-refractivity contribution is -0.117. The number of H-pyrrole nitrogens is 1. The molecule has 1 N–H and O–H groups in total. The van der Waals surface area contributed by atoms with Gasteiger partial charge in [-0.15, -0.1) is 0 Å². The van der Waals surface area contributed by atoms with Crippen molar-refractivity contribution in [1.29, 1.82) is 0 Å². The monoisotopic (exact) mass is 337 g/mol. The highest BCUT2D eigenvalue weighted by atomic mass is 16.1. The number of carbonyl (C=O) groups is 1. The van der Waals surface area contributed by atoms with E-state index in [1.54, 1.807) is 0 Å². The predicted octanol–water partition coefficient (Wildman–Crippen LogP) is 4.33. The predicted molar refractivity (Wildman–Crippen MR) is 96.5 cm³/mol. The summed E-state index contributed by atoms with van der Waals surface area (Å²) in [7, 11) is 0. The number of hydrogen-bond donors (Lipinski definition) is 1. The number of carbonyl (C=O) groups excluding carboxylic acids is 1. The van der Waals surface area contributed by atoms with Crippen LogP contribution >= 0.6 is 0 Å². The first-order valence-electron chi connectivity index (χ1n) is 9.83. The first-order chi connectivity index (χ1) is 12.0. The van der Waals surface area contributed by atoms with Crippen molar-refractivity contribution in [3.05, 3.63) is 29.6 Å². The standard InChI is InChI=1S/C21H27N3O/c1-20-9-7-14(25)11-13(20)3-4-15-16-5-6-18(19-12-22-24-23-19)21(16,2)10-8-17(15)20/h6,11-12,15-17H,3-5,7-10H2,1-2H3,(H,22,23,24)/t15-,16-,17-,20-,21-/m0/s1. The van der Waals surface area contributed by atoms with Crippen molar-refractivity contribution in [3.8, 4) is 0 Å². The lowest BCUT2D eigenvalue weighted by Gasteiger charge is -2.57. The van der Waals surface area contributed by atoms with Gasteiger partial charge in [0.1, 0.15) is 5.69 Å². The molecule has 4 aliphatic carbocycles. The fraction of sp³-hybridized carbons (Fsp3) is 0.667. The van der Waals surface area contributed by atoms with Crippen LogP contribution < -0.4 is 0 Å². The molecule has 1 aromatic heterocycles. The first-order valence-corrected chi connectivity index (χ1v) is 9.83. The second-order valence-corrected chi connectivity index (χ2v) is 9.13. The normalized spacial score (nSPS) is 43.0. The van der Waals surface area contributed by atoms with E-state index in [1.807, 2.05) is 12.3 Å². The van der Waals surface area contributed by atoms with Crippen LogP contribution in [0.25, 0.3) is 5.57 Å². The van der Waals surface area contributed by atoms with Crippen molar-refractivity contribution in [3.63, 3.8) is 0 Å². The SMILES string of the molecule is C[C@]12CCC(=O)C=C1CC[C@@H]1[C@@H]2CC[C@]2(C)C(c3cn[nH]n3)=CC[C@@H]12. The fourth-order valence-electron chi connectivity index (χ4n) is 6.86. The van der Waals surface area contributed by atoms with Gasteiger partial charge in [-0.2, -0.15) is 15.4 Å². The maximum absolute atomic E-state index is 11.9. The van der Waals surface area contributed by atoms with E-state index in [0.29, 0.717) is 11.7 Å². The van der Waals surface area contributed by atoms with E-state index in [-0.39, 0.29) is 10.8 Å². The smallest absolute Gasteiger partial charge is 0.155 e. The third-order valence-electron chi connectivity index (χ3n) is 8.23. The Hall–Kier alpha value is -1.71. The minimum Gasteiger partial charge on any atom is -0.295 e. The molecule has 0 aromatic carbocycles. The van der Waals surface area contributed by atoms with Crippen molar-refractivity contribution in [2.24, 2.45) is 28.6 Å². The molecule has 0 spiro atoms. The molecular formula is C21H27N3O. The summed E-state index contributed by atoms with van der Waals surface area (Å²) < 4.78 is 0. The minimum atomic E-state index is 0.236. The van der Waals surface area contributed by atoms with E-state index in [4.69, 9.17) is 0 Å². The molecule has 4 aliphatic rings. The van der Waals surface area contributed by atoms with Crippen LogP contribution in [0.5, 0.6) is 0 Å². The summed E-state index contributed by atoms with van der Waals surface area (Å²) in [6, 6.07) is 0. The van der Waals surface area contributed by atoms with Crippen LogP contribution in [0.2, 0.25) is 0 Å². The Morgan fingerprint density at radius 1 is 1.12 bits per heavy atom. The van der Waals surface area contributed by atoms with Gasteiger partial charge < -0.3 is 0 Å². The number of ketones is 1. The molecule has 0 saturated heterocycles. The molecule has 5 atom stereocenters. The third-order valence-corrected chi connectivity index (χ3v) is 8.23. The van der Waals surface area contributed by atoms with Gasteiger partial charge in [-0.1, -0.05) is 25.5 Å². The molecule has 0 aliphatic heterocycles. The molecule has 132 valence electrons. The number of hydrogen-bond acceptors (Lipinski definition) is 3. The van der Waals surface area contributed by atoms with Crippen molar-refractivity contribution in [2.45, 2.75) is 58.8 Å². The maximum atomic E-state index is 11.9. The molecule has 4 nitrogen and oxygen atoms in total. The molecule has 0 unspecified atom stereocenters. The van der Waals surface area contributed by atoms with Crippen LogP contribution in [-0.2, 0) is 4.79 Å². The third kappa shape index (κ3) is 2.03. The Bertz CT molecular complexity index is 777. The van der Waals surface area contributed by atoms with Gasteiger partial charge in [-0.25, -0.2) is 0 Å². The van der Waals surface area contributed by atoms with E-state index in [9.17, 15) is 4.79 Å². The van der Waals surface area contributed by atoms with E-state index in [2.05, 4.69) is 35.3 Å². The summed E-state index contributed by atoms with van der Waals surface area (Å²) in [5.74, 6) is 2.58. The van der Waals surface area contributed by atoms with Gasteiger partial charge in [0.05, 0.1) is 6.20 Å². The van der Waals surface area contributed by atoms with Crippen LogP contribution in [-0.4, -0.2) is 21.2 Å². The van der Waals surface area contributed by atoms with Gasteiger partial charge in [-0.05, 0) is 78.8 Å². The molecule has 25 heavy (non-hydrogen) atoms. The van der Waals surface area contributed by atoms with Gasteiger partial charge in [0, 0.05) is 6.42 Å². The highest BCUT2D eigenvalue weighted by Crippen LogP contribution is 2.66. The Kier molecular flexibility index (Phi) is 3.20. The van der Waals surface area contributed by atoms with E-state index in [0.717, 1.165) is 36.8 Å². The highest BCUT2D eigenvalue weighted by Gasteiger charge is 2.57. The second-order valence-electron chi connectivity index (χ2n) is 9.13. The van der Waals surface area contributed by atoms with Gasteiger partial charge in [0.2, 0.25) is 0 Å². The highest BCUT2D eigenvalue weighted by molar-refractivity contribution is 5.91. The number of rotatable bonds is 1. The van der Waals surface area contributed by atoms with Gasteiger partial charge in [0.25, 0.3) is 0 Å². The number of nitrogens with zero attached hydrogens (tertiary/aromatic N) is 2. The van der Waals surface area contributed by atoms with E-state index < -0.39 is 0 Å². The molecule has 0 amide bonds. The molecule has 0 radical (unpaired) electrons. The Morgan fingerprint density at radius 3 is 2.80 bits per heavy atom. The van der Waals surface area contributed by atoms with Crippen LogP contribution in [0.1, 0.15) is 64.5 Å². The zero-order chi connectivity index (χ0) is 17.2. The van der Waals surface area contributed by atoms with Gasteiger partial charge >= 0.3 is 0 Å². The largest absolute Gasteiger partial charge is 0.295 e. The topological polar surface area (TPSA) is 58.6 Å². The zero-order valence-electron chi connectivity index (χ0n) is 15.2. The summed E-state index contributed by atoms with van der Waals surface area (Å²) in [4.78, 5) is 11.9. The van der Waals surface area contributed by atoms with Crippen molar-refractivity contribution < 1.29 is 4.79 Å². The molecule has 1 aromatic rings. The lowest BCUT2D eigenvalue weighted by Crippen LogP contribution is -2.49. The number of aromatic nitrogens is 3. The van der Waals surface area contributed by atoms with Crippen molar-refractivity contribution >= 4 is 11.4 Å². The van der Waals surface area contributed by atoms with Crippen LogP contribution in [0.4, 0.5) is 0 Å². The summed E-state index contributed by atoms with van der Waals surface area (Å²) in [5, 5.41) is 11.2.